The topological polar surface area (TPSA) is 93.0 Å². The van der Waals surface area contributed by atoms with E-state index in [0.29, 0.717) is 16.5 Å². The minimum Gasteiger partial charge on any atom is -0.359 e. The molecule has 0 amide bonds. The Balaban J connectivity index is 1.47. The third-order valence-electron chi connectivity index (χ3n) is 6.86. The van der Waals surface area contributed by atoms with Gasteiger partial charge in [-0.1, -0.05) is 17.7 Å². The first-order valence-electron chi connectivity index (χ1n) is 10.2. The fourth-order valence-electron chi connectivity index (χ4n) is 6.06. The largest absolute Gasteiger partial charge is 0.359 e. The Bertz CT molecular complexity index is 944. The van der Waals surface area contributed by atoms with Crippen molar-refractivity contribution in [3.8, 4) is 0 Å². The minimum atomic E-state index is -0.402. The molecule has 4 fully saturated rings. The molecule has 8 heteroatoms. The Hall–Kier alpha value is -2.41. The molecular formula is C21H24ClN5O2. The summed E-state index contributed by atoms with van der Waals surface area (Å²) in [6.45, 7) is 1.91. The van der Waals surface area contributed by atoms with Crippen LogP contribution >= 0.6 is 11.6 Å². The molecule has 2 aromatic rings. The van der Waals surface area contributed by atoms with E-state index in [1.165, 1.54) is 25.6 Å². The molecule has 0 spiro atoms. The molecule has 4 saturated carbocycles. The number of rotatable bonds is 5. The number of aromatic nitrogens is 2. The summed E-state index contributed by atoms with van der Waals surface area (Å²) in [5, 5.41) is 19.1. The summed E-state index contributed by atoms with van der Waals surface area (Å²) in [6, 6.07) is 5.44. The summed E-state index contributed by atoms with van der Waals surface area (Å²) < 4.78 is 0. The van der Waals surface area contributed by atoms with Gasteiger partial charge in [0.1, 0.15) is 6.33 Å². The molecule has 1 aromatic carbocycles. The van der Waals surface area contributed by atoms with Gasteiger partial charge in [0.15, 0.2) is 0 Å². The Morgan fingerprint density at radius 2 is 1.72 bits per heavy atom. The first kappa shape index (κ1) is 18.6. The Morgan fingerprint density at radius 3 is 2.31 bits per heavy atom. The molecule has 4 aliphatic carbocycles. The lowest BCUT2D eigenvalue weighted by Gasteiger charge is -2.57. The molecule has 6 rings (SSSR count). The summed E-state index contributed by atoms with van der Waals surface area (Å²) >= 11 is 6.20. The van der Waals surface area contributed by atoms with E-state index in [2.05, 4.69) is 20.6 Å². The zero-order chi connectivity index (χ0) is 20.2. The Kier molecular flexibility index (Phi) is 4.38. The smallest absolute Gasteiger partial charge is 0.353 e. The van der Waals surface area contributed by atoms with Crippen molar-refractivity contribution in [2.45, 2.75) is 51.0 Å². The van der Waals surface area contributed by atoms with Crippen LogP contribution in [-0.4, -0.2) is 20.4 Å². The lowest BCUT2D eigenvalue weighted by Crippen LogP contribution is -2.55. The van der Waals surface area contributed by atoms with Gasteiger partial charge in [-0.15, -0.1) is 0 Å². The number of nitrogens with one attached hydrogen (secondary N) is 2. The van der Waals surface area contributed by atoms with E-state index in [1.54, 1.807) is 6.07 Å². The SMILES string of the molecule is Cc1ccc(Nc2ncnc(NC34CC5CC(CC(C5)C3)C4)c2[N+](=O)[O-])cc1Cl. The lowest BCUT2D eigenvalue weighted by molar-refractivity contribution is -0.383. The van der Waals surface area contributed by atoms with Gasteiger partial charge in [0.2, 0.25) is 11.6 Å². The average molecular weight is 414 g/mol. The number of hydrogen-bond donors (Lipinski definition) is 2. The molecule has 29 heavy (non-hydrogen) atoms. The van der Waals surface area contributed by atoms with Crippen molar-refractivity contribution in [1.29, 1.82) is 0 Å². The number of aryl methyl sites for hydroxylation is 1. The van der Waals surface area contributed by atoms with Crippen molar-refractivity contribution in [3.63, 3.8) is 0 Å². The van der Waals surface area contributed by atoms with Crippen LogP contribution in [0.15, 0.2) is 24.5 Å². The molecule has 152 valence electrons. The van der Waals surface area contributed by atoms with E-state index in [9.17, 15) is 10.1 Å². The zero-order valence-corrected chi connectivity index (χ0v) is 17.1. The number of halogens is 1. The van der Waals surface area contributed by atoms with Gasteiger partial charge in [0.25, 0.3) is 0 Å². The molecule has 0 unspecified atom stereocenters. The maximum Gasteiger partial charge on any atom is 0.353 e. The van der Waals surface area contributed by atoms with Crippen molar-refractivity contribution >= 4 is 34.6 Å². The van der Waals surface area contributed by atoms with E-state index >= 15 is 0 Å². The van der Waals surface area contributed by atoms with E-state index in [1.807, 2.05) is 19.1 Å². The van der Waals surface area contributed by atoms with E-state index in [4.69, 9.17) is 11.6 Å². The van der Waals surface area contributed by atoms with Crippen LogP contribution < -0.4 is 10.6 Å². The standard InChI is InChI=1S/C21H24ClN5O2/c1-12-2-3-16(7-17(12)22)25-19-18(27(28)29)20(24-11-23-19)26-21-8-13-4-14(9-21)6-15(5-13)10-21/h2-3,7,11,13-15H,4-6,8-10H2,1H3,(H2,23,24,25,26). The number of benzene rings is 1. The highest BCUT2D eigenvalue weighted by atomic mass is 35.5. The summed E-state index contributed by atoms with van der Waals surface area (Å²) in [4.78, 5) is 20.0. The van der Waals surface area contributed by atoms with Crippen molar-refractivity contribution in [1.82, 2.24) is 9.97 Å². The second kappa shape index (κ2) is 6.83. The number of nitrogens with zero attached hydrogens (tertiary/aromatic N) is 3. The first-order valence-corrected chi connectivity index (χ1v) is 10.6. The highest BCUT2D eigenvalue weighted by Crippen LogP contribution is 2.57. The minimum absolute atomic E-state index is 0.0711. The van der Waals surface area contributed by atoms with Gasteiger partial charge in [-0.3, -0.25) is 10.1 Å². The van der Waals surface area contributed by atoms with E-state index in [0.717, 1.165) is 42.6 Å². The van der Waals surface area contributed by atoms with Gasteiger partial charge in [0, 0.05) is 16.2 Å². The maximum atomic E-state index is 12.0. The molecule has 0 radical (unpaired) electrons. The van der Waals surface area contributed by atoms with Gasteiger partial charge in [-0.2, -0.15) is 0 Å². The van der Waals surface area contributed by atoms with E-state index < -0.39 is 4.92 Å². The first-order chi connectivity index (χ1) is 13.9. The third-order valence-corrected chi connectivity index (χ3v) is 7.27. The molecular weight excluding hydrogens is 390 g/mol. The van der Waals surface area contributed by atoms with Crippen molar-refractivity contribution in [2.24, 2.45) is 17.8 Å². The van der Waals surface area contributed by atoms with E-state index in [-0.39, 0.29) is 17.0 Å². The van der Waals surface area contributed by atoms with Crippen LogP contribution in [0.3, 0.4) is 0 Å². The van der Waals surface area contributed by atoms with Crippen molar-refractivity contribution in [3.05, 3.63) is 45.2 Å². The van der Waals surface area contributed by atoms with Gasteiger partial charge in [-0.05, 0) is 80.9 Å². The highest BCUT2D eigenvalue weighted by Gasteiger charge is 2.51. The van der Waals surface area contributed by atoms with Crippen LogP contribution in [0.5, 0.6) is 0 Å². The van der Waals surface area contributed by atoms with Crippen LogP contribution in [0, 0.1) is 34.8 Å². The predicted octanol–water partition coefficient (Wildman–Crippen LogP) is 5.47. The fraction of sp³-hybridized carbons (Fsp3) is 0.524. The molecule has 1 heterocycles. The van der Waals surface area contributed by atoms with Crippen LogP contribution in [-0.2, 0) is 0 Å². The second-order valence-electron chi connectivity index (χ2n) is 9.09. The number of hydrogen-bond acceptors (Lipinski definition) is 6. The summed E-state index contributed by atoms with van der Waals surface area (Å²) in [7, 11) is 0. The molecule has 0 aliphatic heterocycles. The van der Waals surface area contributed by atoms with Crippen LogP contribution in [0.2, 0.25) is 5.02 Å². The van der Waals surface area contributed by atoms with Crippen LogP contribution in [0.25, 0.3) is 0 Å². The lowest BCUT2D eigenvalue weighted by atomic mass is 9.53. The highest BCUT2D eigenvalue weighted by molar-refractivity contribution is 6.31. The van der Waals surface area contributed by atoms with Crippen LogP contribution in [0.1, 0.15) is 44.1 Å². The van der Waals surface area contributed by atoms with Gasteiger partial charge >= 0.3 is 5.69 Å². The fourth-order valence-corrected chi connectivity index (χ4v) is 6.24. The Labute approximate surface area is 174 Å². The number of nitro groups is 1. The molecule has 1 aromatic heterocycles. The molecule has 7 nitrogen and oxygen atoms in total. The summed E-state index contributed by atoms with van der Waals surface area (Å²) in [5.74, 6) is 2.70. The monoisotopic (exact) mass is 413 g/mol. The molecule has 4 bridgehead atoms. The molecule has 0 atom stereocenters. The van der Waals surface area contributed by atoms with Gasteiger partial charge in [0.05, 0.1) is 4.92 Å². The average Bonchev–Trinajstić information content (AvgIpc) is 2.63. The van der Waals surface area contributed by atoms with Crippen LogP contribution in [0.4, 0.5) is 23.0 Å². The molecule has 0 saturated heterocycles. The van der Waals surface area contributed by atoms with Crippen molar-refractivity contribution < 1.29 is 4.92 Å². The maximum absolute atomic E-state index is 12.0. The normalized spacial score (nSPS) is 29.7. The third kappa shape index (κ3) is 3.41. The number of anilines is 3. The summed E-state index contributed by atoms with van der Waals surface area (Å²) in [5.41, 5.74) is 1.42. The quantitative estimate of drug-likeness (QED) is 0.498. The predicted molar refractivity (Wildman–Crippen MR) is 113 cm³/mol. The second-order valence-corrected chi connectivity index (χ2v) is 9.50. The Morgan fingerprint density at radius 1 is 1.10 bits per heavy atom. The zero-order valence-electron chi connectivity index (χ0n) is 16.3. The van der Waals surface area contributed by atoms with Gasteiger partial charge < -0.3 is 10.6 Å². The van der Waals surface area contributed by atoms with Crippen molar-refractivity contribution in [2.75, 3.05) is 10.6 Å². The van der Waals surface area contributed by atoms with Gasteiger partial charge in [-0.25, -0.2) is 9.97 Å². The summed E-state index contributed by atoms with van der Waals surface area (Å²) in [6.07, 6.45) is 8.56. The molecule has 2 N–H and O–H groups in total. The molecule has 4 aliphatic rings.